The van der Waals surface area contributed by atoms with Crippen molar-refractivity contribution in [2.24, 2.45) is 11.8 Å². The molecule has 216 valence electrons. The second-order valence-electron chi connectivity index (χ2n) is 9.41. The van der Waals surface area contributed by atoms with Crippen molar-refractivity contribution in [1.82, 2.24) is 10.2 Å². The van der Waals surface area contributed by atoms with Gasteiger partial charge in [-0.25, -0.2) is 18.0 Å². The van der Waals surface area contributed by atoms with Crippen LogP contribution in [0.1, 0.15) is 34.6 Å². The molecular formula is C22H34FN2O12P. The number of phosphoric acid groups is 1. The Morgan fingerprint density at radius 3 is 2.16 bits per heavy atom. The Morgan fingerprint density at radius 1 is 1.18 bits per heavy atom. The number of esters is 2. The number of halogens is 1. The molecule has 1 amide bonds. The molecule has 3 N–H and O–H groups in total. The van der Waals surface area contributed by atoms with Crippen LogP contribution >= 0.6 is 7.82 Å². The molecule has 0 aromatic carbocycles. The summed E-state index contributed by atoms with van der Waals surface area (Å²) in [6.45, 7) is 6.75. The third-order valence-corrected chi connectivity index (χ3v) is 6.87. The monoisotopic (exact) mass is 568 g/mol. The molecule has 38 heavy (non-hydrogen) atoms. The van der Waals surface area contributed by atoms with E-state index < -0.39 is 87.9 Å². The maximum atomic E-state index is 14.4. The summed E-state index contributed by atoms with van der Waals surface area (Å²) in [7, 11) is -4.74. The molecule has 0 unspecified atom stereocenters. The molecule has 4 atom stereocenters. The van der Waals surface area contributed by atoms with Crippen LogP contribution in [0.15, 0.2) is 24.7 Å². The smallest absolute Gasteiger partial charge is 0.438 e. The van der Waals surface area contributed by atoms with Gasteiger partial charge in [0.05, 0.1) is 18.4 Å². The van der Waals surface area contributed by atoms with E-state index in [1.165, 1.54) is 6.20 Å². The first-order chi connectivity index (χ1) is 17.6. The molecule has 14 nitrogen and oxygen atoms in total. The molecule has 1 fully saturated rings. The van der Waals surface area contributed by atoms with Crippen LogP contribution in [0.5, 0.6) is 0 Å². The fourth-order valence-electron chi connectivity index (χ4n) is 3.31. The molecule has 0 aliphatic carbocycles. The van der Waals surface area contributed by atoms with Crippen LogP contribution in [0.2, 0.25) is 0 Å². The highest BCUT2D eigenvalue weighted by Crippen LogP contribution is 2.52. The SMILES string of the molecule is C=C1NC(=O)C=CN1[C@@H]1O[C@](CF)(COP(=O)(OCOC(=O)C(C)C)OCOC(=O)C(C)C)[C@@H](O)[C@@]1(C)O. The minimum atomic E-state index is -4.74. The van der Waals surface area contributed by atoms with E-state index in [4.69, 9.17) is 27.8 Å². The Labute approximate surface area is 219 Å². The lowest BCUT2D eigenvalue weighted by molar-refractivity contribution is -0.162. The number of amides is 1. The first-order valence-electron chi connectivity index (χ1n) is 11.6. The average Bonchev–Trinajstić information content (AvgIpc) is 3.03. The summed E-state index contributed by atoms with van der Waals surface area (Å²) in [6, 6.07) is 0. The molecule has 2 aliphatic rings. The lowest BCUT2D eigenvalue weighted by Crippen LogP contribution is -2.55. The van der Waals surface area contributed by atoms with Crippen molar-refractivity contribution in [3.63, 3.8) is 0 Å². The number of hydrogen-bond donors (Lipinski definition) is 3. The summed E-state index contributed by atoms with van der Waals surface area (Å²) in [6.07, 6.45) is -1.12. The zero-order chi connectivity index (χ0) is 28.9. The first kappa shape index (κ1) is 31.8. The highest BCUT2D eigenvalue weighted by Gasteiger charge is 2.63. The summed E-state index contributed by atoms with van der Waals surface area (Å²) in [5, 5.41) is 24.2. The average molecular weight is 568 g/mol. The summed E-state index contributed by atoms with van der Waals surface area (Å²) in [5.74, 6) is -2.99. The van der Waals surface area contributed by atoms with Gasteiger partial charge in [0.15, 0.2) is 11.8 Å². The van der Waals surface area contributed by atoms with E-state index in [2.05, 4.69) is 11.9 Å². The summed E-state index contributed by atoms with van der Waals surface area (Å²) < 4.78 is 58.0. The van der Waals surface area contributed by atoms with Crippen molar-refractivity contribution in [3.8, 4) is 0 Å². The number of rotatable bonds is 13. The zero-order valence-electron chi connectivity index (χ0n) is 21.7. The van der Waals surface area contributed by atoms with Crippen LogP contribution in [0, 0.1) is 11.8 Å². The Bertz CT molecular complexity index is 957. The Kier molecular flexibility index (Phi) is 10.6. The predicted octanol–water partition coefficient (Wildman–Crippen LogP) is 1.05. The van der Waals surface area contributed by atoms with Crippen LogP contribution in [0.4, 0.5) is 4.39 Å². The van der Waals surface area contributed by atoms with Gasteiger partial charge in [-0.15, -0.1) is 0 Å². The maximum absolute atomic E-state index is 14.4. The topological polar surface area (TPSA) is 179 Å². The molecule has 0 radical (unpaired) electrons. The highest BCUT2D eigenvalue weighted by atomic mass is 31.2. The van der Waals surface area contributed by atoms with Crippen molar-refractivity contribution < 1.29 is 61.3 Å². The van der Waals surface area contributed by atoms with E-state index >= 15 is 0 Å². The number of phosphoric ester groups is 1. The largest absolute Gasteiger partial charge is 0.480 e. The van der Waals surface area contributed by atoms with E-state index in [1.54, 1.807) is 27.7 Å². The third-order valence-electron chi connectivity index (χ3n) is 5.58. The Morgan fingerprint density at radius 2 is 1.71 bits per heavy atom. The standard InChI is InChI=1S/C22H34FN2O12P/c1-13(2)17(27)32-11-35-38(31,36-12-33-18(28)14(3)4)34-10-22(9-23)19(29)21(6,30)20(37-22)25-8-7-16(26)24-15(25)5/h7-8,13-14,19-20,29-30H,5,9-12H2,1-4,6H3,(H,24,26)/t19-,20+,21+,22+/m0/s1. The number of nitrogens with one attached hydrogen (secondary N) is 1. The van der Waals surface area contributed by atoms with Crippen LogP contribution < -0.4 is 5.32 Å². The predicted molar refractivity (Wildman–Crippen MR) is 126 cm³/mol. The van der Waals surface area contributed by atoms with Gasteiger partial charge in [0, 0.05) is 12.3 Å². The fraction of sp³-hybridized carbons (Fsp3) is 0.682. The fourth-order valence-corrected chi connectivity index (χ4v) is 4.27. The third kappa shape index (κ3) is 7.38. The van der Waals surface area contributed by atoms with Crippen molar-refractivity contribution in [2.45, 2.75) is 58.2 Å². The van der Waals surface area contributed by atoms with Crippen molar-refractivity contribution >= 4 is 25.7 Å². The minimum absolute atomic E-state index is 0.0261. The molecular weight excluding hydrogens is 534 g/mol. The van der Waals surface area contributed by atoms with E-state index in [0.29, 0.717) is 0 Å². The molecule has 0 saturated carbocycles. The quantitative estimate of drug-likeness (QED) is 0.163. The van der Waals surface area contributed by atoms with E-state index in [1.807, 2.05) is 0 Å². The lowest BCUT2D eigenvalue weighted by atomic mass is 9.88. The number of nitrogens with zero attached hydrogens (tertiary/aromatic N) is 1. The number of ether oxygens (including phenoxy) is 3. The van der Waals surface area contributed by atoms with Gasteiger partial charge in [0.2, 0.25) is 13.6 Å². The van der Waals surface area contributed by atoms with Gasteiger partial charge in [-0.05, 0) is 6.92 Å². The van der Waals surface area contributed by atoms with Crippen LogP contribution in [-0.2, 0) is 46.7 Å². The molecule has 0 bridgehead atoms. The van der Waals surface area contributed by atoms with Gasteiger partial charge < -0.3 is 34.6 Å². The van der Waals surface area contributed by atoms with Crippen molar-refractivity contribution in [1.29, 1.82) is 0 Å². The molecule has 0 aromatic heterocycles. The van der Waals surface area contributed by atoms with Gasteiger partial charge in [0.1, 0.15) is 24.2 Å². The molecule has 16 heteroatoms. The number of hydrogen-bond acceptors (Lipinski definition) is 13. The van der Waals surface area contributed by atoms with Crippen LogP contribution in [0.25, 0.3) is 0 Å². The number of alkyl halides is 1. The summed E-state index contributed by atoms with van der Waals surface area (Å²) in [4.78, 5) is 36.1. The summed E-state index contributed by atoms with van der Waals surface area (Å²) >= 11 is 0. The van der Waals surface area contributed by atoms with Crippen molar-refractivity contribution in [3.05, 3.63) is 24.7 Å². The van der Waals surface area contributed by atoms with Gasteiger partial charge in [-0.3, -0.25) is 18.9 Å². The molecule has 0 aromatic rings. The van der Waals surface area contributed by atoms with Gasteiger partial charge in [-0.1, -0.05) is 34.3 Å². The van der Waals surface area contributed by atoms with Crippen LogP contribution in [0.3, 0.4) is 0 Å². The van der Waals surface area contributed by atoms with E-state index in [-0.39, 0.29) is 5.82 Å². The van der Waals surface area contributed by atoms with E-state index in [0.717, 1.165) is 17.9 Å². The second kappa shape index (κ2) is 12.6. The molecule has 1 saturated heterocycles. The molecule has 2 aliphatic heterocycles. The van der Waals surface area contributed by atoms with Gasteiger partial charge in [0.25, 0.3) is 5.91 Å². The second-order valence-corrected chi connectivity index (χ2v) is 11.1. The summed E-state index contributed by atoms with van der Waals surface area (Å²) in [5.41, 5.74) is -4.47. The molecule has 0 spiro atoms. The normalized spacial score (nSPS) is 27.7. The lowest BCUT2D eigenvalue weighted by Gasteiger charge is -2.37. The van der Waals surface area contributed by atoms with Gasteiger partial charge in [-0.2, -0.15) is 0 Å². The molecule has 2 heterocycles. The van der Waals surface area contributed by atoms with Gasteiger partial charge >= 0.3 is 19.8 Å². The number of aliphatic hydroxyl groups excluding tert-OH is 1. The molecule has 2 rings (SSSR count). The Balaban J connectivity index is 2.21. The van der Waals surface area contributed by atoms with Crippen molar-refractivity contribution in [2.75, 3.05) is 26.9 Å². The number of carbonyl (C=O) groups excluding carboxylic acids is 3. The maximum Gasteiger partial charge on any atom is 0.480 e. The van der Waals surface area contributed by atoms with E-state index in [9.17, 15) is 33.6 Å². The number of aliphatic hydroxyl groups is 2. The minimum Gasteiger partial charge on any atom is -0.438 e. The first-order valence-corrected chi connectivity index (χ1v) is 13.0. The zero-order valence-corrected chi connectivity index (χ0v) is 22.6. The number of carbonyl (C=O) groups is 3. The highest BCUT2D eigenvalue weighted by molar-refractivity contribution is 7.48. The Hall–Kier alpha value is -2.39. The van der Waals surface area contributed by atoms with Crippen LogP contribution in [-0.4, -0.2) is 83.4 Å².